The third-order valence-corrected chi connectivity index (χ3v) is 4.50. The summed E-state index contributed by atoms with van der Waals surface area (Å²) in [6, 6.07) is 9.38. The van der Waals surface area contributed by atoms with E-state index in [4.69, 9.17) is 0 Å². The fourth-order valence-corrected chi connectivity index (χ4v) is 3.40. The van der Waals surface area contributed by atoms with Crippen LogP contribution in [0.2, 0.25) is 0 Å². The number of hydrogen-bond donors (Lipinski definition) is 1. The van der Waals surface area contributed by atoms with Crippen LogP contribution >= 0.6 is 0 Å². The number of aromatic nitrogens is 1. The second kappa shape index (κ2) is 6.01. The summed E-state index contributed by atoms with van der Waals surface area (Å²) in [4.78, 5) is 0. The first-order chi connectivity index (χ1) is 9.74. The van der Waals surface area contributed by atoms with E-state index in [9.17, 15) is 0 Å². The van der Waals surface area contributed by atoms with E-state index in [1.165, 1.54) is 48.7 Å². The van der Waals surface area contributed by atoms with Crippen molar-refractivity contribution in [3.63, 3.8) is 0 Å². The normalized spacial score (nSPS) is 16.6. The summed E-state index contributed by atoms with van der Waals surface area (Å²) < 4.78 is 2.49. The molecule has 1 aromatic carbocycles. The van der Waals surface area contributed by atoms with Gasteiger partial charge >= 0.3 is 0 Å². The number of fused-ring (bicyclic) bond motifs is 1. The minimum atomic E-state index is 0.534. The first kappa shape index (κ1) is 13.7. The van der Waals surface area contributed by atoms with Gasteiger partial charge in [0, 0.05) is 36.2 Å². The summed E-state index contributed by atoms with van der Waals surface area (Å²) in [5.41, 5.74) is 2.84. The molecule has 1 N–H and O–H groups in total. The van der Waals surface area contributed by atoms with Crippen LogP contribution in [0.1, 0.15) is 45.1 Å². The van der Waals surface area contributed by atoms with Gasteiger partial charge in [0.05, 0.1) is 0 Å². The zero-order valence-electron chi connectivity index (χ0n) is 12.7. The Morgan fingerprint density at radius 2 is 1.95 bits per heavy atom. The quantitative estimate of drug-likeness (QED) is 0.855. The lowest BCUT2D eigenvalue weighted by molar-refractivity contribution is 0.465. The SMILES string of the molecule is CC(C)NCc1cn(CC2CCCC2)c2ccccc12. The monoisotopic (exact) mass is 270 g/mol. The average molecular weight is 270 g/mol. The molecule has 1 saturated carbocycles. The molecule has 3 rings (SSSR count). The Balaban J connectivity index is 1.87. The van der Waals surface area contributed by atoms with Gasteiger partial charge in [-0.05, 0) is 30.4 Å². The highest BCUT2D eigenvalue weighted by atomic mass is 15.0. The lowest BCUT2D eigenvalue weighted by atomic mass is 10.1. The summed E-state index contributed by atoms with van der Waals surface area (Å²) in [5.74, 6) is 0.886. The van der Waals surface area contributed by atoms with Gasteiger partial charge in [-0.15, -0.1) is 0 Å². The van der Waals surface area contributed by atoms with Gasteiger partial charge in [0.25, 0.3) is 0 Å². The molecule has 1 fully saturated rings. The summed E-state index contributed by atoms with van der Waals surface area (Å²) in [5, 5.41) is 4.96. The van der Waals surface area contributed by atoms with Crippen molar-refractivity contribution in [1.29, 1.82) is 0 Å². The van der Waals surface area contributed by atoms with Crippen molar-refractivity contribution in [1.82, 2.24) is 9.88 Å². The molecule has 0 bridgehead atoms. The molecular weight excluding hydrogens is 244 g/mol. The van der Waals surface area contributed by atoms with Crippen LogP contribution in [-0.2, 0) is 13.1 Å². The molecule has 0 radical (unpaired) electrons. The molecular formula is C18H26N2. The molecule has 2 nitrogen and oxygen atoms in total. The first-order valence-electron chi connectivity index (χ1n) is 8.04. The number of benzene rings is 1. The Morgan fingerprint density at radius 3 is 2.70 bits per heavy atom. The third-order valence-electron chi connectivity index (χ3n) is 4.50. The Hall–Kier alpha value is -1.28. The highest BCUT2D eigenvalue weighted by Crippen LogP contribution is 2.29. The highest BCUT2D eigenvalue weighted by molar-refractivity contribution is 5.83. The molecule has 2 heteroatoms. The fourth-order valence-electron chi connectivity index (χ4n) is 3.40. The van der Waals surface area contributed by atoms with Crippen molar-refractivity contribution in [2.24, 2.45) is 5.92 Å². The molecule has 0 saturated heterocycles. The second-order valence-corrected chi connectivity index (χ2v) is 6.51. The van der Waals surface area contributed by atoms with E-state index in [1.54, 1.807) is 0 Å². The van der Waals surface area contributed by atoms with Crippen LogP contribution in [0.3, 0.4) is 0 Å². The van der Waals surface area contributed by atoms with Crippen molar-refractivity contribution in [3.8, 4) is 0 Å². The van der Waals surface area contributed by atoms with Crippen LogP contribution in [0.15, 0.2) is 30.5 Å². The zero-order valence-corrected chi connectivity index (χ0v) is 12.7. The van der Waals surface area contributed by atoms with Gasteiger partial charge in [-0.2, -0.15) is 0 Å². The van der Waals surface area contributed by atoms with E-state index in [2.05, 4.69) is 54.2 Å². The third kappa shape index (κ3) is 2.90. The molecule has 0 aliphatic heterocycles. The summed E-state index contributed by atoms with van der Waals surface area (Å²) in [6.07, 6.45) is 8.04. The summed E-state index contributed by atoms with van der Waals surface area (Å²) in [6.45, 7) is 6.58. The Kier molecular flexibility index (Phi) is 4.11. The van der Waals surface area contributed by atoms with Gasteiger partial charge in [0.2, 0.25) is 0 Å². The first-order valence-corrected chi connectivity index (χ1v) is 8.04. The predicted octanol–water partition coefficient (Wildman–Crippen LogP) is 4.33. The Morgan fingerprint density at radius 1 is 1.20 bits per heavy atom. The molecule has 1 aliphatic carbocycles. The van der Waals surface area contributed by atoms with Crippen LogP contribution < -0.4 is 5.32 Å². The van der Waals surface area contributed by atoms with E-state index >= 15 is 0 Å². The molecule has 108 valence electrons. The molecule has 0 atom stereocenters. The Labute approximate surface area is 122 Å². The van der Waals surface area contributed by atoms with Crippen LogP contribution in [0.5, 0.6) is 0 Å². The molecule has 20 heavy (non-hydrogen) atoms. The number of nitrogens with one attached hydrogen (secondary N) is 1. The second-order valence-electron chi connectivity index (χ2n) is 6.51. The van der Waals surface area contributed by atoms with Crippen molar-refractivity contribution in [2.45, 2.75) is 58.7 Å². The van der Waals surface area contributed by atoms with Crippen molar-refractivity contribution < 1.29 is 0 Å². The maximum absolute atomic E-state index is 3.55. The van der Waals surface area contributed by atoms with Crippen molar-refractivity contribution in [3.05, 3.63) is 36.0 Å². The lowest BCUT2D eigenvalue weighted by Crippen LogP contribution is -2.21. The van der Waals surface area contributed by atoms with Gasteiger partial charge in [-0.25, -0.2) is 0 Å². The van der Waals surface area contributed by atoms with E-state index in [0.717, 1.165) is 12.5 Å². The van der Waals surface area contributed by atoms with Gasteiger partial charge in [-0.3, -0.25) is 0 Å². The molecule has 0 amide bonds. The average Bonchev–Trinajstić information content (AvgIpc) is 3.06. The smallest absolute Gasteiger partial charge is 0.0483 e. The van der Waals surface area contributed by atoms with Crippen LogP contribution in [0, 0.1) is 5.92 Å². The molecule has 1 aliphatic rings. The minimum absolute atomic E-state index is 0.534. The van der Waals surface area contributed by atoms with Crippen molar-refractivity contribution >= 4 is 10.9 Å². The molecule has 0 spiro atoms. The number of para-hydroxylation sites is 1. The minimum Gasteiger partial charge on any atom is -0.347 e. The van der Waals surface area contributed by atoms with E-state index < -0.39 is 0 Å². The van der Waals surface area contributed by atoms with Gasteiger partial charge in [0.1, 0.15) is 0 Å². The van der Waals surface area contributed by atoms with Crippen LogP contribution in [0.25, 0.3) is 10.9 Å². The predicted molar refractivity (Wildman–Crippen MR) is 85.9 cm³/mol. The Bertz CT molecular complexity index is 562. The van der Waals surface area contributed by atoms with Crippen molar-refractivity contribution in [2.75, 3.05) is 0 Å². The molecule has 1 aromatic heterocycles. The topological polar surface area (TPSA) is 17.0 Å². The zero-order chi connectivity index (χ0) is 13.9. The van der Waals surface area contributed by atoms with E-state index in [-0.39, 0.29) is 0 Å². The fraction of sp³-hybridized carbons (Fsp3) is 0.556. The van der Waals surface area contributed by atoms with E-state index in [0.29, 0.717) is 6.04 Å². The maximum Gasteiger partial charge on any atom is 0.0483 e. The maximum atomic E-state index is 3.55. The summed E-state index contributed by atoms with van der Waals surface area (Å²) in [7, 11) is 0. The van der Waals surface area contributed by atoms with Gasteiger partial charge in [-0.1, -0.05) is 44.9 Å². The lowest BCUT2D eigenvalue weighted by Gasteiger charge is -2.11. The summed E-state index contributed by atoms with van der Waals surface area (Å²) >= 11 is 0. The number of rotatable bonds is 5. The largest absolute Gasteiger partial charge is 0.347 e. The van der Waals surface area contributed by atoms with Crippen LogP contribution in [0.4, 0.5) is 0 Å². The van der Waals surface area contributed by atoms with Gasteiger partial charge in [0.15, 0.2) is 0 Å². The molecule has 0 unspecified atom stereocenters. The highest BCUT2D eigenvalue weighted by Gasteiger charge is 2.17. The number of nitrogens with zero attached hydrogens (tertiary/aromatic N) is 1. The van der Waals surface area contributed by atoms with E-state index in [1.807, 2.05) is 0 Å². The van der Waals surface area contributed by atoms with Gasteiger partial charge < -0.3 is 9.88 Å². The standard InChI is InChI=1S/C18H26N2/c1-14(2)19-11-16-13-20(12-15-7-3-4-8-15)18-10-6-5-9-17(16)18/h5-6,9-10,13-15,19H,3-4,7-8,11-12H2,1-2H3. The molecule has 1 heterocycles. The van der Waals surface area contributed by atoms with Crippen LogP contribution in [-0.4, -0.2) is 10.6 Å². The molecule has 2 aromatic rings. The number of hydrogen-bond acceptors (Lipinski definition) is 1.